The van der Waals surface area contributed by atoms with Gasteiger partial charge in [-0.05, 0) is 37.0 Å². The topological polar surface area (TPSA) is 63.9 Å². The molecule has 0 bridgehead atoms. The minimum absolute atomic E-state index is 0.415. The van der Waals surface area contributed by atoms with E-state index in [0.717, 1.165) is 43.3 Å². The van der Waals surface area contributed by atoms with Gasteiger partial charge in [0.1, 0.15) is 12.4 Å². The molecular formula is C22H33N5O2. The van der Waals surface area contributed by atoms with E-state index in [-0.39, 0.29) is 0 Å². The van der Waals surface area contributed by atoms with E-state index in [1.807, 2.05) is 24.7 Å². The molecule has 1 N–H and O–H groups in total. The average Bonchev–Trinajstić information content (AvgIpc) is 3.27. The Morgan fingerprint density at radius 3 is 2.79 bits per heavy atom. The third kappa shape index (κ3) is 5.97. The third-order valence-electron chi connectivity index (χ3n) is 5.35. The van der Waals surface area contributed by atoms with Crippen LogP contribution < -0.4 is 10.1 Å². The van der Waals surface area contributed by atoms with Crippen LogP contribution >= 0.6 is 0 Å². The van der Waals surface area contributed by atoms with Crippen molar-refractivity contribution in [2.75, 3.05) is 40.0 Å². The molecule has 2 heterocycles. The number of hydrogen-bond acceptors (Lipinski definition) is 4. The molecule has 7 nitrogen and oxygen atoms in total. The number of ether oxygens (including phenoxy) is 2. The van der Waals surface area contributed by atoms with Gasteiger partial charge in [-0.25, -0.2) is 9.98 Å². The van der Waals surface area contributed by atoms with Gasteiger partial charge in [-0.15, -0.1) is 0 Å². The van der Waals surface area contributed by atoms with Gasteiger partial charge < -0.3 is 24.3 Å². The number of methoxy groups -OCH3 is 1. The molecule has 1 aromatic heterocycles. The van der Waals surface area contributed by atoms with Crippen LogP contribution in [0.15, 0.2) is 48.0 Å². The number of hydrogen-bond donors (Lipinski definition) is 1. The Morgan fingerprint density at radius 1 is 1.28 bits per heavy atom. The van der Waals surface area contributed by atoms with Crippen LogP contribution in [0.4, 0.5) is 0 Å². The van der Waals surface area contributed by atoms with Crippen LogP contribution in [0.5, 0.6) is 5.75 Å². The number of benzene rings is 1. The van der Waals surface area contributed by atoms with Crippen molar-refractivity contribution < 1.29 is 9.47 Å². The molecule has 0 amide bonds. The van der Waals surface area contributed by atoms with E-state index in [0.29, 0.717) is 31.7 Å². The summed E-state index contributed by atoms with van der Waals surface area (Å²) in [6, 6.07) is 8.54. The zero-order chi connectivity index (χ0) is 20.5. The van der Waals surface area contributed by atoms with E-state index in [4.69, 9.17) is 14.5 Å². The Hall–Kier alpha value is -2.54. The van der Waals surface area contributed by atoms with Crippen molar-refractivity contribution in [1.82, 2.24) is 19.8 Å². The maximum Gasteiger partial charge on any atom is 0.194 e. The van der Waals surface area contributed by atoms with E-state index >= 15 is 0 Å². The Morgan fingerprint density at radius 2 is 2.10 bits per heavy atom. The molecular weight excluding hydrogens is 366 g/mol. The predicted molar refractivity (Wildman–Crippen MR) is 115 cm³/mol. The monoisotopic (exact) mass is 399 g/mol. The first kappa shape index (κ1) is 21.2. The second-order valence-electron chi connectivity index (χ2n) is 7.44. The summed E-state index contributed by atoms with van der Waals surface area (Å²) < 4.78 is 12.9. The van der Waals surface area contributed by atoms with Crippen molar-refractivity contribution in [2.45, 2.75) is 32.9 Å². The van der Waals surface area contributed by atoms with Crippen LogP contribution in [0.1, 0.15) is 31.9 Å². The van der Waals surface area contributed by atoms with Crippen molar-refractivity contribution >= 4 is 5.96 Å². The summed E-state index contributed by atoms with van der Waals surface area (Å²) >= 11 is 0. The Bertz CT molecular complexity index is 745. The van der Waals surface area contributed by atoms with Gasteiger partial charge in [-0.3, -0.25) is 0 Å². The van der Waals surface area contributed by atoms with Gasteiger partial charge in [-0.2, -0.15) is 0 Å². The lowest BCUT2D eigenvalue weighted by Crippen LogP contribution is -2.49. The second kappa shape index (κ2) is 10.9. The quantitative estimate of drug-likeness (QED) is 0.420. The Balaban J connectivity index is 1.63. The lowest BCUT2D eigenvalue weighted by molar-refractivity contribution is 0.146. The molecule has 1 aliphatic rings. The molecule has 0 spiro atoms. The van der Waals surface area contributed by atoms with Gasteiger partial charge in [0, 0.05) is 39.1 Å². The zero-order valence-corrected chi connectivity index (χ0v) is 17.8. The largest absolute Gasteiger partial charge is 0.491 e. The number of aromatic nitrogens is 2. The normalized spacial score (nSPS) is 20.0. The van der Waals surface area contributed by atoms with Gasteiger partial charge in [0.15, 0.2) is 5.96 Å². The van der Waals surface area contributed by atoms with E-state index in [2.05, 4.69) is 51.9 Å². The summed E-state index contributed by atoms with van der Waals surface area (Å²) in [7, 11) is 1.67. The highest BCUT2D eigenvalue weighted by Gasteiger charge is 2.28. The molecule has 0 aliphatic carbocycles. The number of nitrogens with one attached hydrogen (secondary N) is 1. The number of rotatable bonds is 8. The molecule has 0 saturated carbocycles. The first-order chi connectivity index (χ1) is 14.2. The molecule has 29 heavy (non-hydrogen) atoms. The first-order valence-corrected chi connectivity index (χ1v) is 10.4. The van der Waals surface area contributed by atoms with E-state index in [9.17, 15) is 0 Å². The zero-order valence-electron chi connectivity index (χ0n) is 17.8. The number of likely N-dealkylation sites (tertiary alicyclic amines) is 1. The fourth-order valence-corrected chi connectivity index (χ4v) is 3.62. The van der Waals surface area contributed by atoms with Crippen molar-refractivity contribution in [3.8, 4) is 5.75 Å². The van der Waals surface area contributed by atoms with Crippen LogP contribution in [0.2, 0.25) is 0 Å². The summed E-state index contributed by atoms with van der Waals surface area (Å²) in [5, 5.41) is 3.46. The van der Waals surface area contributed by atoms with Crippen LogP contribution in [-0.2, 0) is 11.3 Å². The maximum absolute atomic E-state index is 5.63. The highest BCUT2D eigenvalue weighted by Crippen LogP contribution is 2.27. The summed E-state index contributed by atoms with van der Waals surface area (Å²) in [6.07, 6.45) is 6.98. The SMILES string of the molecule is CCNC(=NCc1ccc(OCCOC)cc1)N1CCC(C)C(n2ccnc2)C1. The van der Waals surface area contributed by atoms with Crippen LogP contribution in [0.3, 0.4) is 0 Å². The summed E-state index contributed by atoms with van der Waals surface area (Å²) in [5.41, 5.74) is 1.16. The standard InChI is InChI=1S/C22H33N5O2/c1-4-24-22(25-15-19-5-7-20(8-6-19)29-14-13-28-3)26-11-9-18(2)21(16-26)27-12-10-23-17-27/h5-8,10,12,17-18,21H,4,9,11,13-16H2,1-3H3,(H,24,25). The van der Waals surface area contributed by atoms with Gasteiger partial charge in [0.2, 0.25) is 0 Å². The fourth-order valence-electron chi connectivity index (χ4n) is 3.62. The van der Waals surface area contributed by atoms with E-state index < -0.39 is 0 Å². The molecule has 1 aliphatic heterocycles. The van der Waals surface area contributed by atoms with Gasteiger partial charge in [0.25, 0.3) is 0 Å². The molecule has 0 radical (unpaired) electrons. The minimum Gasteiger partial charge on any atom is -0.491 e. The van der Waals surface area contributed by atoms with Crippen molar-refractivity contribution in [2.24, 2.45) is 10.9 Å². The third-order valence-corrected chi connectivity index (χ3v) is 5.35. The van der Waals surface area contributed by atoms with Gasteiger partial charge in [-0.1, -0.05) is 19.1 Å². The second-order valence-corrected chi connectivity index (χ2v) is 7.44. The Kier molecular flexibility index (Phi) is 7.93. The van der Waals surface area contributed by atoms with Crippen molar-refractivity contribution in [3.05, 3.63) is 48.5 Å². The first-order valence-electron chi connectivity index (χ1n) is 10.4. The Labute approximate surface area is 173 Å². The summed E-state index contributed by atoms with van der Waals surface area (Å²) in [6.45, 7) is 9.04. The highest BCUT2D eigenvalue weighted by atomic mass is 16.5. The molecule has 1 fully saturated rings. The van der Waals surface area contributed by atoms with Gasteiger partial charge in [0.05, 0.1) is 25.5 Å². The van der Waals surface area contributed by atoms with Crippen LogP contribution in [0.25, 0.3) is 0 Å². The number of aliphatic imine (C=N–C) groups is 1. The highest BCUT2D eigenvalue weighted by molar-refractivity contribution is 5.80. The lowest BCUT2D eigenvalue weighted by Gasteiger charge is -2.39. The number of nitrogens with zero attached hydrogens (tertiary/aromatic N) is 4. The number of imidazole rings is 1. The number of piperidine rings is 1. The van der Waals surface area contributed by atoms with Gasteiger partial charge >= 0.3 is 0 Å². The molecule has 158 valence electrons. The molecule has 2 atom stereocenters. The van der Waals surface area contributed by atoms with Crippen molar-refractivity contribution in [1.29, 1.82) is 0 Å². The molecule has 2 aromatic rings. The summed E-state index contributed by atoms with van der Waals surface area (Å²) in [4.78, 5) is 11.5. The van der Waals surface area contributed by atoms with E-state index in [1.54, 1.807) is 7.11 Å². The lowest BCUT2D eigenvalue weighted by atomic mass is 9.93. The molecule has 2 unspecified atom stereocenters. The molecule has 1 saturated heterocycles. The smallest absolute Gasteiger partial charge is 0.194 e. The fraction of sp³-hybridized carbons (Fsp3) is 0.545. The minimum atomic E-state index is 0.415. The summed E-state index contributed by atoms with van der Waals surface area (Å²) in [5.74, 6) is 2.45. The van der Waals surface area contributed by atoms with Crippen LogP contribution in [0, 0.1) is 5.92 Å². The predicted octanol–water partition coefficient (Wildman–Crippen LogP) is 2.96. The number of guanidine groups is 1. The average molecular weight is 400 g/mol. The molecule has 1 aromatic carbocycles. The molecule has 3 rings (SSSR count). The maximum atomic E-state index is 5.63. The molecule has 7 heteroatoms. The van der Waals surface area contributed by atoms with Crippen molar-refractivity contribution in [3.63, 3.8) is 0 Å². The van der Waals surface area contributed by atoms with Crippen LogP contribution in [-0.4, -0.2) is 60.4 Å². The van der Waals surface area contributed by atoms with E-state index in [1.165, 1.54) is 0 Å².